The highest BCUT2D eigenvalue weighted by Crippen LogP contribution is 2.34. The van der Waals surface area contributed by atoms with Crippen LogP contribution in [0, 0.1) is 0 Å². The number of fused-ring (bicyclic) bond motifs is 3. The summed E-state index contributed by atoms with van der Waals surface area (Å²) < 4.78 is 28.8. The monoisotopic (exact) mass is 419 g/mol. The van der Waals surface area contributed by atoms with Gasteiger partial charge >= 0.3 is 0 Å². The highest BCUT2D eigenvalue weighted by Gasteiger charge is 2.23. The van der Waals surface area contributed by atoms with Crippen LogP contribution in [0.3, 0.4) is 0 Å². The molecule has 1 heterocycles. The van der Waals surface area contributed by atoms with Crippen molar-refractivity contribution in [2.75, 3.05) is 0 Å². The molecule has 0 aliphatic carbocycles. The number of hydrogen-bond donors (Lipinski definition) is 0. The fraction of sp³-hybridized carbons (Fsp3) is 0. The van der Waals surface area contributed by atoms with Gasteiger partial charge in [0.15, 0.2) is 0 Å². The molecule has 0 saturated heterocycles. The molecule has 6 heteroatoms. The Kier molecular flexibility index (Phi) is 3.67. The van der Waals surface area contributed by atoms with E-state index < -0.39 is 10.0 Å². The molecule has 0 radical (unpaired) electrons. The number of rotatable bonds is 2. The van der Waals surface area contributed by atoms with E-state index in [4.69, 9.17) is 11.6 Å². The second kappa shape index (κ2) is 5.62. The quantitative estimate of drug-likeness (QED) is 0.433. The van der Waals surface area contributed by atoms with E-state index in [1.165, 1.54) is 16.1 Å². The summed E-state index contributed by atoms with van der Waals surface area (Å²) in [5, 5.41) is 2.28. The summed E-state index contributed by atoms with van der Waals surface area (Å²) in [7, 11) is -3.74. The van der Waals surface area contributed by atoms with Crippen LogP contribution in [0.5, 0.6) is 0 Å². The Morgan fingerprint density at radius 3 is 2.25 bits per heavy atom. The first-order valence-electron chi connectivity index (χ1n) is 7.18. The second-order valence-corrected chi connectivity index (χ2v) is 8.54. The molecule has 0 N–H and O–H groups in total. The number of hydrogen-bond acceptors (Lipinski definition) is 2. The summed E-state index contributed by atoms with van der Waals surface area (Å²) in [5.74, 6) is 0. The van der Waals surface area contributed by atoms with Crippen LogP contribution >= 0.6 is 27.5 Å². The zero-order valence-electron chi connectivity index (χ0n) is 12.3. The molecule has 0 spiro atoms. The lowest BCUT2D eigenvalue weighted by molar-refractivity contribution is 0.590. The van der Waals surface area contributed by atoms with Crippen LogP contribution in [-0.4, -0.2) is 12.4 Å². The number of nitrogens with zero attached hydrogens (tertiary/aromatic N) is 1. The average molecular weight is 421 g/mol. The molecule has 0 fully saturated rings. The van der Waals surface area contributed by atoms with Crippen molar-refractivity contribution in [3.63, 3.8) is 0 Å². The minimum absolute atomic E-state index is 0.206. The van der Waals surface area contributed by atoms with Gasteiger partial charge in [0.2, 0.25) is 0 Å². The van der Waals surface area contributed by atoms with Crippen molar-refractivity contribution < 1.29 is 8.42 Å². The van der Waals surface area contributed by atoms with Crippen LogP contribution in [0.2, 0.25) is 5.02 Å². The molecule has 0 aliphatic rings. The Labute approximate surface area is 152 Å². The Bertz CT molecular complexity index is 1180. The maximum absolute atomic E-state index is 13.2. The summed E-state index contributed by atoms with van der Waals surface area (Å²) in [4.78, 5) is 0.206. The predicted octanol–water partition coefficient (Wildman–Crippen LogP) is 5.45. The standard InChI is InChI=1S/C18H11BrClNO2S/c19-12-5-10-18-16(11-12)15-3-1-2-4-17(15)21(18)24(22,23)14-8-6-13(20)7-9-14/h1-11H. The molecule has 0 unspecified atom stereocenters. The minimum Gasteiger partial charge on any atom is -0.233 e. The lowest BCUT2D eigenvalue weighted by Crippen LogP contribution is -2.12. The fourth-order valence-corrected chi connectivity index (χ4v) is 4.89. The van der Waals surface area contributed by atoms with Crippen molar-refractivity contribution in [2.24, 2.45) is 0 Å². The average Bonchev–Trinajstić information content (AvgIpc) is 2.90. The summed E-state index contributed by atoms with van der Waals surface area (Å²) >= 11 is 9.34. The Morgan fingerprint density at radius 1 is 0.833 bits per heavy atom. The summed E-state index contributed by atoms with van der Waals surface area (Å²) in [6.07, 6.45) is 0. The van der Waals surface area contributed by atoms with Crippen LogP contribution in [0.25, 0.3) is 21.8 Å². The molecule has 0 saturated carbocycles. The van der Waals surface area contributed by atoms with Crippen molar-refractivity contribution in [1.29, 1.82) is 0 Å². The van der Waals surface area contributed by atoms with Crippen LogP contribution in [0.1, 0.15) is 0 Å². The molecule has 0 atom stereocenters. The van der Waals surface area contributed by atoms with E-state index in [0.717, 1.165) is 15.2 Å². The second-order valence-electron chi connectivity index (χ2n) is 5.40. The van der Waals surface area contributed by atoms with E-state index in [1.54, 1.807) is 12.1 Å². The summed E-state index contributed by atoms with van der Waals surface area (Å²) in [5.41, 5.74) is 1.30. The minimum atomic E-state index is -3.74. The molecule has 120 valence electrons. The van der Waals surface area contributed by atoms with Crippen molar-refractivity contribution in [1.82, 2.24) is 3.97 Å². The molecule has 1 aromatic heterocycles. The van der Waals surface area contributed by atoms with Gasteiger partial charge in [-0.1, -0.05) is 45.7 Å². The third-order valence-corrected chi connectivity index (χ3v) is 6.43. The van der Waals surface area contributed by atoms with Gasteiger partial charge in [-0.2, -0.15) is 0 Å². The van der Waals surface area contributed by atoms with Gasteiger partial charge in [-0.15, -0.1) is 0 Å². The summed E-state index contributed by atoms with van der Waals surface area (Å²) in [6, 6.07) is 19.3. The Morgan fingerprint density at radius 2 is 1.50 bits per heavy atom. The van der Waals surface area contributed by atoms with Gasteiger partial charge in [0, 0.05) is 20.3 Å². The van der Waals surface area contributed by atoms with Gasteiger partial charge in [0.05, 0.1) is 15.9 Å². The van der Waals surface area contributed by atoms with Gasteiger partial charge in [0.1, 0.15) is 0 Å². The zero-order chi connectivity index (χ0) is 16.9. The smallest absolute Gasteiger partial charge is 0.233 e. The van der Waals surface area contributed by atoms with Crippen molar-refractivity contribution in [2.45, 2.75) is 4.90 Å². The Hall–Kier alpha value is -1.82. The maximum Gasteiger partial charge on any atom is 0.268 e. The molecule has 0 aliphatic heterocycles. The molecule has 24 heavy (non-hydrogen) atoms. The van der Waals surface area contributed by atoms with Crippen molar-refractivity contribution >= 4 is 59.4 Å². The zero-order valence-corrected chi connectivity index (χ0v) is 15.4. The number of halogens is 2. The first-order chi connectivity index (χ1) is 11.5. The van der Waals surface area contributed by atoms with Crippen molar-refractivity contribution in [3.8, 4) is 0 Å². The van der Waals surface area contributed by atoms with E-state index >= 15 is 0 Å². The van der Waals surface area contributed by atoms with Crippen LogP contribution in [0.15, 0.2) is 76.1 Å². The number of aromatic nitrogens is 1. The molecule has 0 amide bonds. The lowest BCUT2D eigenvalue weighted by Gasteiger charge is -2.09. The molecule has 4 aromatic rings. The van der Waals surface area contributed by atoms with Crippen LogP contribution in [0.4, 0.5) is 0 Å². The molecule has 0 bridgehead atoms. The molecule has 4 rings (SSSR count). The number of para-hydroxylation sites is 1. The molecule has 3 nitrogen and oxygen atoms in total. The van der Waals surface area contributed by atoms with Crippen LogP contribution < -0.4 is 0 Å². The SMILES string of the molecule is O=S(=O)(c1ccc(Cl)cc1)n1c2ccccc2c2cc(Br)ccc21. The largest absolute Gasteiger partial charge is 0.268 e. The maximum atomic E-state index is 13.2. The van der Waals surface area contributed by atoms with Gasteiger partial charge in [-0.05, 0) is 48.5 Å². The van der Waals surface area contributed by atoms with E-state index in [2.05, 4.69) is 15.9 Å². The third kappa shape index (κ3) is 2.35. The van der Waals surface area contributed by atoms with Gasteiger partial charge < -0.3 is 0 Å². The van der Waals surface area contributed by atoms with Crippen molar-refractivity contribution in [3.05, 3.63) is 76.2 Å². The van der Waals surface area contributed by atoms with E-state index in [9.17, 15) is 8.42 Å². The highest BCUT2D eigenvalue weighted by atomic mass is 79.9. The lowest BCUT2D eigenvalue weighted by atomic mass is 10.2. The normalized spacial score (nSPS) is 12.1. The molecule has 3 aromatic carbocycles. The first-order valence-corrected chi connectivity index (χ1v) is 9.79. The third-order valence-electron chi connectivity index (χ3n) is 3.94. The Balaban J connectivity index is 2.13. The molecular formula is C18H11BrClNO2S. The van der Waals surface area contributed by atoms with Gasteiger partial charge in [0.25, 0.3) is 10.0 Å². The number of benzene rings is 3. The van der Waals surface area contributed by atoms with E-state index in [1.807, 2.05) is 42.5 Å². The van der Waals surface area contributed by atoms with Crippen LogP contribution in [-0.2, 0) is 10.0 Å². The van der Waals surface area contributed by atoms with E-state index in [-0.39, 0.29) is 4.90 Å². The molecular weight excluding hydrogens is 410 g/mol. The highest BCUT2D eigenvalue weighted by molar-refractivity contribution is 9.10. The van der Waals surface area contributed by atoms with E-state index in [0.29, 0.717) is 16.1 Å². The van der Waals surface area contributed by atoms with Gasteiger partial charge in [-0.3, -0.25) is 0 Å². The van der Waals surface area contributed by atoms with Gasteiger partial charge in [-0.25, -0.2) is 12.4 Å². The fourth-order valence-electron chi connectivity index (χ4n) is 2.88. The first kappa shape index (κ1) is 15.7. The summed E-state index contributed by atoms with van der Waals surface area (Å²) in [6.45, 7) is 0. The topological polar surface area (TPSA) is 39.1 Å². The predicted molar refractivity (Wildman–Crippen MR) is 101 cm³/mol.